The smallest absolute Gasteiger partial charge is 0.321 e. The highest BCUT2D eigenvalue weighted by Gasteiger charge is 2.55. The van der Waals surface area contributed by atoms with E-state index in [9.17, 15) is 22.0 Å². The van der Waals surface area contributed by atoms with E-state index in [1.807, 2.05) is 36.2 Å². The van der Waals surface area contributed by atoms with E-state index in [0.29, 0.717) is 0 Å². The summed E-state index contributed by atoms with van der Waals surface area (Å²) in [7, 11) is -1.20. The zero-order chi connectivity index (χ0) is 53.1. The maximum Gasteiger partial charge on any atom is 0.458 e. The second-order valence-corrected chi connectivity index (χ2v) is 32.4. The average Bonchev–Trinajstić information content (AvgIpc) is 3.44. The largest absolute Gasteiger partial charge is 0.458 e. The van der Waals surface area contributed by atoms with Gasteiger partial charge in [0, 0.05) is 41.9 Å². The van der Waals surface area contributed by atoms with Crippen LogP contribution < -0.4 is 40.6 Å². The number of fused-ring (bicyclic) bond motifs is 3. The zero-order valence-electron chi connectivity index (χ0n) is 43.4. The summed E-state index contributed by atoms with van der Waals surface area (Å²) in [6.07, 6.45) is 6.45. The first-order valence-corrected chi connectivity index (χ1v) is 32.9. The first-order valence-electron chi connectivity index (χ1n) is 25.0. The van der Waals surface area contributed by atoms with Crippen molar-refractivity contribution < 1.29 is 34.7 Å². The van der Waals surface area contributed by atoms with Gasteiger partial charge in [0.1, 0.15) is 0 Å². The number of hydrogen-bond acceptors (Lipinski definition) is 3. The summed E-state index contributed by atoms with van der Waals surface area (Å²) < 4.78 is 76.1. The summed E-state index contributed by atoms with van der Waals surface area (Å²) in [5.41, 5.74) is 6.94. The summed E-state index contributed by atoms with van der Waals surface area (Å²) in [5, 5.41) is 4.95. The summed E-state index contributed by atoms with van der Waals surface area (Å²) in [4.78, 5) is 6.58. The second kappa shape index (κ2) is 21.7. The monoisotopic (exact) mass is 1060 g/mol. The lowest BCUT2D eigenvalue weighted by Gasteiger charge is -2.34. The Morgan fingerprint density at radius 2 is 0.587 bits per heavy atom. The van der Waals surface area contributed by atoms with Crippen molar-refractivity contribution in [2.75, 3.05) is 55.8 Å². The van der Waals surface area contributed by atoms with Crippen LogP contribution in [0.1, 0.15) is 16.7 Å². The quantitative estimate of drug-likeness (QED) is 0.0498. The molecule has 0 aliphatic carbocycles. The molecule has 0 saturated carbocycles. The molecular weight excluding hydrogens is 996 g/mol. The van der Waals surface area contributed by atoms with Crippen molar-refractivity contribution in [1.82, 2.24) is 0 Å². The molecule has 14 heteroatoms. The number of hydrogen-bond donors (Lipinski definition) is 0. The Hall–Kier alpha value is -7.53. The van der Waals surface area contributed by atoms with Crippen molar-refractivity contribution in [2.24, 2.45) is 0 Å². The van der Waals surface area contributed by atoms with Gasteiger partial charge in [-0.2, -0.15) is 0 Å². The SMILES string of the molecule is CN1C[N+]([Si](C)(C)c2c(F)c(F)c(F)c(F)c2F)=Cc2ccccc21.CN1C[N+]([Si](C)(C)c2ccccc2)=Cc2ccccc21.CN1C[N+]([Si](c2ccccc2)(c2ccccc2)c2ccccc2)=Cc2ccccc21. The third-order valence-electron chi connectivity index (χ3n) is 14.8. The lowest BCUT2D eigenvalue weighted by Crippen LogP contribution is -2.75. The molecule has 6 nitrogen and oxygen atoms in total. The van der Waals surface area contributed by atoms with Gasteiger partial charge in [0.15, 0.2) is 61.9 Å². The molecule has 3 heterocycles. The van der Waals surface area contributed by atoms with Crippen LogP contribution in [-0.4, -0.2) is 97.2 Å². The lowest BCUT2D eigenvalue weighted by atomic mass is 10.1. The van der Waals surface area contributed by atoms with E-state index < -0.39 is 59.0 Å². The fourth-order valence-corrected chi connectivity index (χ4v) is 20.3. The van der Waals surface area contributed by atoms with Crippen LogP contribution in [0, 0.1) is 29.1 Å². The molecule has 0 spiro atoms. The van der Waals surface area contributed by atoms with E-state index in [0.717, 1.165) is 24.6 Å². The zero-order valence-corrected chi connectivity index (χ0v) is 46.4. The molecule has 0 unspecified atom stereocenters. The number of nitrogens with zero attached hydrogens (tertiary/aromatic N) is 6. The normalized spacial score (nSPS) is 14.1. The second-order valence-electron chi connectivity index (χ2n) is 20.2. The Balaban J connectivity index is 0.000000141. The van der Waals surface area contributed by atoms with E-state index in [-0.39, 0.29) is 6.67 Å². The van der Waals surface area contributed by atoms with E-state index in [4.69, 9.17) is 0 Å². The van der Waals surface area contributed by atoms with Crippen LogP contribution in [0.3, 0.4) is 0 Å². The number of benzene rings is 8. The fourth-order valence-electron chi connectivity index (χ4n) is 10.6. The van der Waals surface area contributed by atoms with Gasteiger partial charge in [0.25, 0.3) is 0 Å². The third kappa shape index (κ3) is 10.1. The Bertz CT molecular complexity index is 3310. The van der Waals surface area contributed by atoms with Crippen LogP contribution in [-0.2, 0) is 0 Å². The molecular formula is C61H62F5N6Si3+3. The molecule has 8 aromatic carbocycles. The predicted octanol–water partition coefficient (Wildman–Crippen LogP) is 9.16. The van der Waals surface area contributed by atoms with E-state index >= 15 is 0 Å². The van der Waals surface area contributed by atoms with Crippen LogP contribution >= 0.6 is 0 Å². The first-order chi connectivity index (χ1) is 36.0. The van der Waals surface area contributed by atoms with Gasteiger partial charge in [0.2, 0.25) is 5.82 Å². The van der Waals surface area contributed by atoms with Crippen LogP contribution in [0.4, 0.5) is 39.0 Å². The Morgan fingerprint density at radius 1 is 0.320 bits per heavy atom. The van der Waals surface area contributed by atoms with Gasteiger partial charge in [-0.05, 0) is 62.6 Å². The van der Waals surface area contributed by atoms with Gasteiger partial charge < -0.3 is 14.7 Å². The highest BCUT2D eigenvalue weighted by molar-refractivity contribution is 7.06. The molecule has 0 fully saturated rings. The summed E-state index contributed by atoms with van der Waals surface area (Å²) >= 11 is 0. The van der Waals surface area contributed by atoms with Crippen LogP contribution in [0.5, 0.6) is 0 Å². The molecule has 0 saturated heterocycles. The molecule has 0 radical (unpaired) electrons. The minimum Gasteiger partial charge on any atom is -0.321 e. The molecule has 0 N–H and O–H groups in total. The topological polar surface area (TPSA) is 18.8 Å². The van der Waals surface area contributed by atoms with Gasteiger partial charge in [-0.3, -0.25) is 12.7 Å². The van der Waals surface area contributed by atoms with Crippen LogP contribution in [0.15, 0.2) is 194 Å². The van der Waals surface area contributed by atoms with Crippen molar-refractivity contribution in [3.8, 4) is 0 Å². The number of halogens is 5. The van der Waals surface area contributed by atoms with Crippen molar-refractivity contribution in [2.45, 2.75) is 26.2 Å². The highest BCUT2D eigenvalue weighted by atomic mass is 28.3. The Morgan fingerprint density at radius 3 is 0.947 bits per heavy atom. The summed E-state index contributed by atoms with van der Waals surface area (Å²) in [5.74, 6) is -9.43. The van der Waals surface area contributed by atoms with E-state index in [2.05, 4.69) is 228 Å². The molecule has 3 aliphatic rings. The first kappa shape index (κ1) is 52.3. The van der Waals surface area contributed by atoms with Gasteiger partial charge in [-0.25, -0.2) is 22.0 Å². The Labute approximate surface area is 440 Å². The minimum absolute atomic E-state index is 0.287. The number of rotatable bonds is 8. The lowest BCUT2D eigenvalue weighted by molar-refractivity contribution is -0.391. The van der Waals surface area contributed by atoms with Crippen LogP contribution in [0.2, 0.25) is 26.2 Å². The average molecular weight is 1060 g/mol. The summed E-state index contributed by atoms with van der Waals surface area (Å²) in [6, 6.07) is 68.8. The molecule has 3 aliphatic heterocycles. The maximum atomic E-state index is 14.3. The predicted molar refractivity (Wildman–Crippen MR) is 306 cm³/mol. The van der Waals surface area contributed by atoms with E-state index in [1.54, 1.807) is 23.5 Å². The standard InChI is InChI=1S/C27H25N2Si.C17H16F5N2Si.C17H21N2Si/c1-28-22-29(21-23-13-11-12-20-27(23)28)30(24-14-5-2-6-15-24,25-16-7-3-8-17-25)26-18-9-4-10-19-26;1-23-9-24(8-10-6-4-5-7-11(10)23)25(2,3)17-15(21)13(19)12(18)14(20)16(17)22;1-18-14-19(13-15-9-7-8-12-17(15)18)20(2,3)16-10-5-4-6-11-16/h2-21H,22H2,1H3;4-8H,9H2,1-3H3;4-13H,14H2,1-3H3/q3*+1. The molecule has 0 atom stereocenters. The fraction of sp³-hybridized carbons (Fsp3) is 0.164. The van der Waals surface area contributed by atoms with Crippen molar-refractivity contribution in [1.29, 1.82) is 0 Å². The summed E-state index contributed by atoms with van der Waals surface area (Å²) in [6.45, 7) is 10.1. The van der Waals surface area contributed by atoms with Gasteiger partial charge >= 0.3 is 24.7 Å². The number of anilines is 3. The molecule has 0 bridgehead atoms. The van der Waals surface area contributed by atoms with Crippen molar-refractivity contribution in [3.05, 3.63) is 240 Å². The number of para-hydroxylation sites is 3. The minimum atomic E-state index is -3.22. The molecule has 0 amide bonds. The van der Waals surface area contributed by atoms with Crippen molar-refractivity contribution >= 4 is 86.3 Å². The van der Waals surface area contributed by atoms with Gasteiger partial charge in [0.05, 0.1) is 38.9 Å². The molecule has 11 rings (SSSR count). The third-order valence-corrected chi connectivity index (χ3v) is 26.2. The van der Waals surface area contributed by atoms with Crippen molar-refractivity contribution in [3.63, 3.8) is 0 Å². The molecule has 0 aromatic heterocycles. The Kier molecular flexibility index (Phi) is 15.2. The highest BCUT2D eigenvalue weighted by Crippen LogP contribution is 2.27. The molecule has 75 heavy (non-hydrogen) atoms. The van der Waals surface area contributed by atoms with Gasteiger partial charge in [-0.15, -0.1) is 0 Å². The molecule has 8 aromatic rings. The molecule has 380 valence electrons. The van der Waals surface area contributed by atoms with Gasteiger partial charge in [-0.1, -0.05) is 158 Å². The van der Waals surface area contributed by atoms with E-state index in [1.165, 1.54) is 43.2 Å². The van der Waals surface area contributed by atoms with Crippen LogP contribution in [0.25, 0.3) is 0 Å². The maximum absolute atomic E-state index is 14.3.